The topological polar surface area (TPSA) is 26.3 Å². The minimum atomic E-state index is -0.497. The van der Waals surface area contributed by atoms with Crippen molar-refractivity contribution in [2.75, 3.05) is 7.11 Å². The van der Waals surface area contributed by atoms with E-state index in [2.05, 4.69) is 0 Å². The molecule has 2 nitrogen and oxygen atoms in total. The summed E-state index contributed by atoms with van der Waals surface area (Å²) in [5.41, 5.74) is 1.46. The Morgan fingerprint density at radius 3 is 2.56 bits per heavy atom. The number of carbonyl (C=O) groups is 1. The van der Waals surface area contributed by atoms with Gasteiger partial charge in [0.05, 0.1) is 12.7 Å². The number of Topliss-reactive ketones (excluding diaryl/α,β-unsaturated/α-hetero) is 1. The van der Waals surface area contributed by atoms with E-state index >= 15 is 0 Å². The predicted octanol–water partition coefficient (Wildman–Crippen LogP) is 3.70. The van der Waals surface area contributed by atoms with Crippen LogP contribution in [-0.4, -0.2) is 12.9 Å². The van der Waals surface area contributed by atoms with Crippen molar-refractivity contribution in [3.05, 3.63) is 53.8 Å². The highest BCUT2D eigenvalue weighted by molar-refractivity contribution is 6.01. The molecule has 0 atom stereocenters. The highest BCUT2D eigenvalue weighted by Gasteiger charge is 2.14. The van der Waals surface area contributed by atoms with Crippen LogP contribution in [0.3, 0.4) is 0 Å². The van der Waals surface area contributed by atoms with Crippen LogP contribution in [0.5, 0.6) is 5.75 Å². The van der Waals surface area contributed by atoms with Gasteiger partial charge in [0, 0.05) is 0 Å². The Morgan fingerprint density at radius 1 is 1.17 bits per heavy atom. The second kappa shape index (κ2) is 5.00. The molecule has 2 aromatic rings. The number of ether oxygens (including phenoxy) is 1. The fourth-order valence-corrected chi connectivity index (χ4v) is 1.91. The average molecular weight is 244 g/mol. The molecule has 0 amide bonds. The molecule has 0 bridgehead atoms. The van der Waals surface area contributed by atoms with Gasteiger partial charge in [0.2, 0.25) is 0 Å². The van der Waals surface area contributed by atoms with Crippen LogP contribution in [0.1, 0.15) is 17.3 Å². The number of carbonyl (C=O) groups excluding carboxylic acids is 1. The molecular weight excluding hydrogens is 231 g/mol. The Kier molecular flexibility index (Phi) is 3.42. The van der Waals surface area contributed by atoms with Gasteiger partial charge in [0.1, 0.15) is 11.6 Å². The second-order valence-corrected chi connectivity index (χ2v) is 3.95. The molecule has 0 heterocycles. The fourth-order valence-electron chi connectivity index (χ4n) is 1.91. The maximum Gasteiger partial charge on any atom is 0.163 e. The smallest absolute Gasteiger partial charge is 0.163 e. The molecule has 18 heavy (non-hydrogen) atoms. The summed E-state index contributed by atoms with van der Waals surface area (Å²) in [7, 11) is 1.57. The number of methoxy groups -OCH3 is 1. The average Bonchev–Trinajstić information content (AvgIpc) is 2.38. The van der Waals surface area contributed by atoms with Crippen molar-refractivity contribution in [1.29, 1.82) is 0 Å². The van der Waals surface area contributed by atoms with Gasteiger partial charge in [-0.3, -0.25) is 4.79 Å². The van der Waals surface area contributed by atoms with Gasteiger partial charge in [0.15, 0.2) is 5.78 Å². The first kappa shape index (κ1) is 12.3. The number of hydrogen-bond donors (Lipinski definition) is 0. The molecule has 0 radical (unpaired) electrons. The third kappa shape index (κ3) is 2.25. The van der Waals surface area contributed by atoms with Crippen LogP contribution in [-0.2, 0) is 0 Å². The van der Waals surface area contributed by atoms with Crippen LogP contribution < -0.4 is 4.74 Å². The normalized spacial score (nSPS) is 10.2. The molecule has 0 aromatic heterocycles. The van der Waals surface area contributed by atoms with Crippen LogP contribution in [0.2, 0.25) is 0 Å². The molecule has 0 N–H and O–H groups in total. The SMILES string of the molecule is COc1cccc(-c2cccc(F)c2C(C)=O)c1. The first-order chi connectivity index (χ1) is 8.63. The maximum atomic E-state index is 13.7. The minimum absolute atomic E-state index is 0.116. The predicted molar refractivity (Wildman–Crippen MR) is 68.4 cm³/mol. The third-order valence-electron chi connectivity index (χ3n) is 2.75. The monoisotopic (exact) mass is 244 g/mol. The van der Waals surface area contributed by atoms with Gasteiger partial charge in [0.25, 0.3) is 0 Å². The molecule has 2 rings (SSSR count). The maximum absolute atomic E-state index is 13.7. The summed E-state index contributed by atoms with van der Waals surface area (Å²) in [6.07, 6.45) is 0. The lowest BCUT2D eigenvalue weighted by atomic mass is 9.97. The molecule has 92 valence electrons. The largest absolute Gasteiger partial charge is 0.497 e. The van der Waals surface area contributed by atoms with Crippen molar-refractivity contribution in [2.24, 2.45) is 0 Å². The van der Waals surface area contributed by atoms with Gasteiger partial charge >= 0.3 is 0 Å². The summed E-state index contributed by atoms with van der Waals surface area (Å²) >= 11 is 0. The van der Waals surface area contributed by atoms with Gasteiger partial charge in [-0.15, -0.1) is 0 Å². The highest BCUT2D eigenvalue weighted by atomic mass is 19.1. The van der Waals surface area contributed by atoms with Crippen LogP contribution in [0, 0.1) is 5.82 Å². The van der Waals surface area contributed by atoms with Crippen molar-refractivity contribution in [3.63, 3.8) is 0 Å². The number of benzene rings is 2. The van der Waals surface area contributed by atoms with Gasteiger partial charge in [-0.05, 0) is 36.2 Å². The summed E-state index contributed by atoms with van der Waals surface area (Å²) in [4.78, 5) is 11.5. The van der Waals surface area contributed by atoms with Crippen LogP contribution in [0.15, 0.2) is 42.5 Å². The molecule has 0 saturated heterocycles. The summed E-state index contributed by atoms with van der Waals surface area (Å²) in [6.45, 7) is 1.36. The number of hydrogen-bond acceptors (Lipinski definition) is 2. The van der Waals surface area contributed by atoms with Crippen molar-refractivity contribution in [1.82, 2.24) is 0 Å². The molecule has 0 unspecified atom stereocenters. The first-order valence-corrected chi connectivity index (χ1v) is 5.57. The van der Waals surface area contributed by atoms with Crippen LogP contribution in [0.25, 0.3) is 11.1 Å². The Bertz CT molecular complexity index is 591. The van der Waals surface area contributed by atoms with Crippen molar-refractivity contribution in [2.45, 2.75) is 6.92 Å². The molecule has 0 aliphatic carbocycles. The lowest BCUT2D eigenvalue weighted by Gasteiger charge is -2.09. The van der Waals surface area contributed by atoms with E-state index in [0.717, 1.165) is 5.56 Å². The second-order valence-electron chi connectivity index (χ2n) is 3.95. The Hall–Kier alpha value is -2.16. The number of rotatable bonds is 3. The number of ketones is 1. The molecule has 0 aliphatic heterocycles. The Balaban J connectivity index is 2.63. The van der Waals surface area contributed by atoms with Crippen molar-refractivity contribution in [3.8, 4) is 16.9 Å². The molecule has 0 saturated carbocycles. The lowest BCUT2D eigenvalue weighted by Crippen LogP contribution is -2.00. The quantitative estimate of drug-likeness (QED) is 0.769. The molecule has 0 spiro atoms. The summed E-state index contributed by atoms with van der Waals surface area (Å²) in [6, 6.07) is 11.8. The van der Waals surface area contributed by atoms with Crippen molar-refractivity contribution >= 4 is 5.78 Å². The van der Waals surface area contributed by atoms with E-state index in [1.807, 2.05) is 12.1 Å². The summed E-state index contributed by atoms with van der Waals surface area (Å²) in [5, 5.41) is 0. The van der Waals surface area contributed by atoms with E-state index in [9.17, 15) is 9.18 Å². The Labute approximate surface area is 105 Å². The van der Waals surface area contributed by atoms with Gasteiger partial charge in [-0.2, -0.15) is 0 Å². The van der Waals surface area contributed by atoms with E-state index in [1.54, 1.807) is 31.4 Å². The molecule has 2 aromatic carbocycles. The van der Waals surface area contributed by atoms with E-state index in [0.29, 0.717) is 11.3 Å². The zero-order valence-corrected chi connectivity index (χ0v) is 10.2. The van der Waals surface area contributed by atoms with Gasteiger partial charge in [-0.1, -0.05) is 24.3 Å². The van der Waals surface area contributed by atoms with Gasteiger partial charge < -0.3 is 4.74 Å². The zero-order valence-electron chi connectivity index (χ0n) is 10.2. The van der Waals surface area contributed by atoms with E-state index in [-0.39, 0.29) is 11.3 Å². The summed E-state index contributed by atoms with van der Waals surface area (Å²) in [5.74, 6) is -0.111. The lowest BCUT2D eigenvalue weighted by molar-refractivity contribution is 0.101. The Morgan fingerprint density at radius 2 is 1.89 bits per heavy atom. The standard InChI is InChI=1S/C15H13FO2/c1-10(17)15-13(7-4-8-14(15)16)11-5-3-6-12(9-11)18-2/h3-9H,1-2H3. The van der Waals surface area contributed by atoms with Crippen LogP contribution in [0.4, 0.5) is 4.39 Å². The highest BCUT2D eigenvalue weighted by Crippen LogP contribution is 2.28. The van der Waals surface area contributed by atoms with E-state index in [4.69, 9.17) is 4.74 Å². The molecule has 0 fully saturated rings. The van der Waals surface area contributed by atoms with Crippen LogP contribution >= 0.6 is 0 Å². The summed E-state index contributed by atoms with van der Waals surface area (Å²) < 4.78 is 18.8. The van der Waals surface area contributed by atoms with Gasteiger partial charge in [-0.25, -0.2) is 4.39 Å². The van der Waals surface area contributed by atoms with E-state index in [1.165, 1.54) is 13.0 Å². The minimum Gasteiger partial charge on any atom is -0.497 e. The molecule has 0 aliphatic rings. The molecular formula is C15H13FO2. The molecule has 3 heteroatoms. The zero-order chi connectivity index (χ0) is 13.1. The fraction of sp³-hybridized carbons (Fsp3) is 0.133. The number of halogens is 1. The van der Waals surface area contributed by atoms with Crippen molar-refractivity contribution < 1.29 is 13.9 Å². The first-order valence-electron chi connectivity index (χ1n) is 5.57. The third-order valence-corrected chi connectivity index (χ3v) is 2.75. The van der Waals surface area contributed by atoms with E-state index < -0.39 is 5.82 Å².